The summed E-state index contributed by atoms with van der Waals surface area (Å²) in [7, 11) is 0. The van der Waals surface area contributed by atoms with E-state index in [2.05, 4.69) is 11.1 Å². The molecule has 7 heteroatoms. The van der Waals surface area contributed by atoms with E-state index in [0.29, 0.717) is 23.7 Å². The van der Waals surface area contributed by atoms with Crippen molar-refractivity contribution in [2.24, 2.45) is 0 Å². The van der Waals surface area contributed by atoms with Crippen molar-refractivity contribution in [3.63, 3.8) is 0 Å². The largest absolute Gasteiger partial charge is 0.448 e. The van der Waals surface area contributed by atoms with Crippen molar-refractivity contribution in [2.45, 2.75) is 26.0 Å². The van der Waals surface area contributed by atoms with Crippen molar-refractivity contribution in [3.05, 3.63) is 76.5 Å². The lowest BCUT2D eigenvalue weighted by Gasteiger charge is -2.30. The van der Waals surface area contributed by atoms with Crippen LogP contribution in [0, 0.1) is 5.82 Å². The first-order valence-corrected chi connectivity index (χ1v) is 10.2. The highest BCUT2D eigenvalue weighted by Crippen LogP contribution is 2.25. The van der Waals surface area contributed by atoms with E-state index in [1.165, 1.54) is 29.0 Å². The number of rotatable bonds is 4. The van der Waals surface area contributed by atoms with Crippen molar-refractivity contribution in [2.75, 3.05) is 6.54 Å². The number of hydrogen-bond donors (Lipinski definition) is 0. The number of halogens is 1. The summed E-state index contributed by atoms with van der Waals surface area (Å²) >= 11 is 1.26. The Balaban J connectivity index is 1.39. The average Bonchev–Trinajstić information content (AvgIpc) is 3.23. The number of nitrogens with zero attached hydrogens (tertiary/aromatic N) is 2. The molecule has 0 saturated carbocycles. The van der Waals surface area contributed by atoms with Gasteiger partial charge in [-0.25, -0.2) is 14.2 Å². The quantitative estimate of drug-likeness (QED) is 0.608. The minimum atomic E-state index is -0.899. The lowest BCUT2D eigenvalue weighted by atomic mass is 9.99. The molecule has 1 aliphatic heterocycles. The molecule has 0 saturated heterocycles. The Bertz CT molecular complexity index is 1050. The summed E-state index contributed by atoms with van der Waals surface area (Å²) < 4.78 is 18.4. The average molecular weight is 410 g/mol. The van der Waals surface area contributed by atoms with Crippen LogP contribution in [0.1, 0.15) is 28.5 Å². The molecular formula is C22H19FN2O3S. The van der Waals surface area contributed by atoms with Gasteiger partial charge in [-0.05, 0) is 48.7 Å². The van der Waals surface area contributed by atoms with Crippen LogP contribution in [-0.4, -0.2) is 34.4 Å². The monoisotopic (exact) mass is 410 g/mol. The number of amides is 1. The maximum atomic E-state index is 13.1. The molecule has 1 amide bonds. The first-order valence-electron chi connectivity index (χ1n) is 9.29. The molecule has 5 nitrogen and oxygen atoms in total. The maximum absolute atomic E-state index is 13.1. The normalized spacial score (nSPS) is 14.2. The Morgan fingerprint density at radius 1 is 1.14 bits per heavy atom. The van der Waals surface area contributed by atoms with Gasteiger partial charge in [0, 0.05) is 24.0 Å². The lowest BCUT2D eigenvalue weighted by Crippen LogP contribution is -2.42. The zero-order chi connectivity index (χ0) is 20.4. The summed E-state index contributed by atoms with van der Waals surface area (Å²) in [5.41, 5.74) is 3.22. The van der Waals surface area contributed by atoms with Crippen LogP contribution in [0.2, 0.25) is 0 Å². The minimum Gasteiger partial charge on any atom is -0.448 e. The van der Waals surface area contributed by atoms with E-state index in [1.54, 1.807) is 29.3 Å². The molecule has 3 aromatic rings. The minimum absolute atomic E-state index is 0.137. The zero-order valence-electron chi connectivity index (χ0n) is 15.8. The molecule has 1 atom stereocenters. The maximum Gasteiger partial charge on any atom is 0.358 e. The summed E-state index contributed by atoms with van der Waals surface area (Å²) in [4.78, 5) is 31.1. The van der Waals surface area contributed by atoms with Gasteiger partial charge in [0.1, 0.15) is 10.8 Å². The standard InChI is InChI=1S/C22H19FN2O3S/c1-14(21(26)25-11-10-15-4-2-3-5-17(15)12-25)28-22(27)19-13-29-20(24-19)16-6-8-18(23)9-7-16/h2-9,13-14H,10-12H2,1H3/t14-/m1/s1. The zero-order valence-corrected chi connectivity index (χ0v) is 16.6. The number of hydrogen-bond acceptors (Lipinski definition) is 5. The van der Waals surface area contributed by atoms with Gasteiger partial charge in [-0.3, -0.25) is 4.79 Å². The van der Waals surface area contributed by atoms with Gasteiger partial charge >= 0.3 is 5.97 Å². The molecular weight excluding hydrogens is 391 g/mol. The van der Waals surface area contributed by atoms with Gasteiger partial charge in [0.15, 0.2) is 11.8 Å². The third-order valence-electron chi connectivity index (χ3n) is 4.88. The fourth-order valence-electron chi connectivity index (χ4n) is 3.30. The van der Waals surface area contributed by atoms with Crippen molar-refractivity contribution in [1.82, 2.24) is 9.88 Å². The summed E-state index contributed by atoms with van der Waals surface area (Å²) in [6, 6.07) is 13.9. The van der Waals surface area contributed by atoms with Crippen molar-refractivity contribution < 1.29 is 18.7 Å². The molecule has 0 N–H and O–H groups in total. The molecule has 1 aromatic heterocycles. The Morgan fingerprint density at radius 3 is 2.62 bits per heavy atom. The van der Waals surface area contributed by atoms with Crippen molar-refractivity contribution in [3.8, 4) is 10.6 Å². The van der Waals surface area contributed by atoms with Gasteiger partial charge in [-0.2, -0.15) is 0 Å². The molecule has 29 heavy (non-hydrogen) atoms. The van der Waals surface area contributed by atoms with E-state index < -0.39 is 12.1 Å². The predicted molar refractivity (Wildman–Crippen MR) is 108 cm³/mol. The summed E-state index contributed by atoms with van der Waals surface area (Å²) in [6.45, 7) is 2.69. The molecule has 4 rings (SSSR count). The topological polar surface area (TPSA) is 59.5 Å². The number of ether oxygens (including phenoxy) is 1. The number of esters is 1. The molecule has 0 bridgehead atoms. The van der Waals surface area contributed by atoms with Crippen LogP contribution in [0.15, 0.2) is 53.9 Å². The van der Waals surface area contributed by atoms with E-state index in [4.69, 9.17) is 4.74 Å². The number of benzene rings is 2. The van der Waals surface area contributed by atoms with Crippen LogP contribution < -0.4 is 0 Å². The van der Waals surface area contributed by atoms with Gasteiger partial charge in [0.2, 0.25) is 0 Å². The van der Waals surface area contributed by atoms with Crippen LogP contribution in [0.25, 0.3) is 10.6 Å². The second kappa shape index (κ2) is 8.13. The molecule has 1 aliphatic rings. The van der Waals surface area contributed by atoms with Crippen LogP contribution in [0.3, 0.4) is 0 Å². The Hall–Kier alpha value is -3.06. The predicted octanol–water partition coefficient (Wildman–Crippen LogP) is 4.08. The molecule has 0 aliphatic carbocycles. The third-order valence-corrected chi connectivity index (χ3v) is 5.77. The number of carbonyl (C=O) groups excluding carboxylic acids is 2. The lowest BCUT2D eigenvalue weighted by molar-refractivity contribution is -0.140. The van der Waals surface area contributed by atoms with Crippen LogP contribution in [-0.2, 0) is 22.5 Å². The van der Waals surface area contributed by atoms with Crippen LogP contribution in [0.4, 0.5) is 4.39 Å². The van der Waals surface area contributed by atoms with Gasteiger partial charge in [-0.1, -0.05) is 24.3 Å². The van der Waals surface area contributed by atoms with E-state index >= 15 is 0 Å². The van der Waals surface area contributed by atoms with E-state index in [-0.39, 0.29) is 17.4 Å². The van der Waals surface area contributed by atoms with E-state index in [1.807, 2.05) is 18.2 Å². The van der Waals surface area contributed by atoms with Crippen LogP contribution in [0.5, 0.6) is 0 Å². The number of aromatic nitrogens is 1. The number of fused-ring (bicyclic) bond motifs is 1. The molecule has 2 heterocycles. The Morgan fingerprint density at radius 2 is 1.86 bits per heavy atom. The Labute approximate surface area is 171 Å². The van der Waals surface area contributed by atoms with E-state index in [0.717, 1.165) is 12.0 Å². The smallest absolute Gasteiger partial charge is 0.358 e. The highest BCUT2D eigenvalue weighted by atomic mass is 32.1. The first kappa shape index (κ1) is 19.3. The number of thiazole rings is 1. The Kier molecular flexibility index (Phi) is 5.40. The van der Waals surface area contributed by atoms with Crippen molar-refractivity contribution >= 4 is 23.2 Å². The first-order chi connectivity index (χ1) is 14.0. The van der Waals surface area contributed by atoms with Crippen molar-refractivity contribution in [1.29, 1.82) is 0 Å². The molecule has 0 fully saturated rings. The molecule has 0 radical (unpaired) electrons. The second-order valence-electron chi connectivity index (χ2n) is 6.87. The summed E-state index contributed by atoms with van der Waals surface area (Å²) in [5, 5.41) is 2.17. The SMILES string of the molecule is C[C@@H](OC(=O)c1csc(-c2ccc(F)cc2)n1)C(=O)N1CCc2ccccc2C1. The fourth-order valence-corrected chi connectivity index (χ4v) is 4.10. The van der Waals surface area contributed by atoms with Gasteiger partial charge in [-0.15, -0.1) is 11.3 Å². The molecule has 0 unspecified atom stereocenters. The summed E-state index contributed by atoms with van der Waals surface area (Å²) in [6.07, 6.45) is -0.112. The summed E-state index contributed by atoms with van der Waals surface area (Å²) in [5.74, 6) is -1.20. The second-order valence-corrected chi connectivity index (χ2v) is 7.73. The van der Waals surface area contributed by atoms with E-state index in [9.17, 15) is 14.0 Å². The fraction of sp³-hybridized carbons (Fsp3) is 0.227. The van der Waals surface area contributed by atoms with Gasteiger partial charge < -0.3 is 9.64 Å². The highest BCUT2D eigenvalue weighted by Gasteiger charge is 2.28. The number of carbonyl (C=O) groups is 2. The highest BCUT2D eigenvalue weighted by molar-refractivity contribution is 7.13. The van der Waals surface area contributed by atoms with Crippen LogP contribution >= 0.6 is 11.3 Å². The third kappa shape index (κ3) is 4.19. The molecule has 2 aromatic carbocycles. The molecule has 148 valence electrons. The molecule has 0 spiro atoms. The van der Waals surface area contributed by atoms with Gasteiger partial charge in [0.25, 0.3) is 5.91 Å². The van der Waals surface area contributed by atoms with Gasteiger partial charge in [0.05, 0.1) is 0 Å².